The van der Waals surface area contributed by atoms with Crippen LogP contribution in [0.3, 0.4) is 0 Å². The highest BCUT2D eigenvalue weighted by molar-refractivity contribution is 7.22. The van der Waals surface area contributed by atoms with Crippen LogP contribution in [-0.2, 0) is 16.7 Å². The number of esters is 1. The average Bonchev–Trinajstić information content (AvgIpc) is 3.72. The molecule has 0 atom stereocenters. The van der Waals surface area contributed by atoms with Crippen molar-refractivity contribution in [3.63, 3.8) is 0 Å². The van der Waals surface area contributed by atoms with Crippen LogP contribution in [0.15, 0.2) is 54.7 Å². The summed E-state index contributed by atoms with van der Waals surface area (Å²) in [7, 11) is 1.47. The van der Waals surface area contributed by atoms with Gasteiger partial charge in [-0.15, -0.1) is 10.2 Å². The summed E-state index contributed by atoms with van der Waals surface area (Å²) in [6, 6.07) is 16.1. The van der Waals surface area contributed by atoms with E-state index in [9.17, 15) is 4.79 Å². The van der Waals surface area contributed by atoms with E-state index in [-0.39, 0.29) is 11.4 Å². The van der Waals surface area contributed by atoms with Gasteiger partial charge in [0.15, 0.2) is 16.8 Å². The van der Waals surface area contributed by atoms with E-state index in [0.717, 1.165) is 73.5 Å². The molecule has 0 unspecified atom stereocenters. The Labute approximate surface area is 284 Å². The first-order valence-corrected chi connectivity index (χ1v) is 18.0. The number of para-hydroxylation sites is 1. The molecule has 48 heavy (non-hydrogen) atoms. The zero-order chi connectivity index (χ0) is 32.8. The lowest BCUT2D eigenvalue weighted by Crippen LogP contribution is -2.48. The summed E-state index contributed by atoms with van der Waals surface area (Å²) in [6.45, 7) is 8.15. The summed E-state index contributed by atoms with van der Waals surface area (Å²) in [5.74, 6) is 3.72. The van der Waals surface area contributed by atoms with Gasteiger partial charge in [-0.25, -0.2) is 9.78 Å². The van der Waals surface area contributed by atoms with Crippen molar-refractivity contribution in [1.82, 2.24) is 25.0 Å². The second kappa shape index (κ2) is 10.9. The summed E-state index contributed by atoms with van der Waals surface area (Å²) in [5, 5.41) is 18.2. The molecule has 2 aromatic carbocycles. The fraction of sp³-hybridized carbons (Fsp3) is 0.447. The zero-order valence-corrected chi connectivity index (χ0v) is 28.8. The number of nitrogens with one attached hydrogen (secondary N) is 1. The SMILES string of the molecule is COC(=O)c1c(-c2cnn(CC34CC5CC(CC(C5)C3)C4)c2C)ccc2c1C(C)(C)CN2c1ccc(Nc2nc3ccccc3s2)nn1. The number of methoxy groups -OCH3 is 1. The Bertz CT molecular complexity index is 1990. The normalized spacial score (nSPS) is 25.1. The fourth-order valence-electron chi connectivity index (χ4n) is 10.0. The summed E-state index contributed by atoms with van der Waals surface area (Å²) >= 11 is 1.58. The molecule has 5 aromatic rings. The number of nitrogens with zero attached hydrogens (tertiary/aromatic N) is 6. The summed E-state index contributed by atoms with van der Waals surface area (Å²) in [6.07, 6.45) is 10.3. The number of ether oxygens (including phenoxy) is 1. The van der Waals surface area contributed by atoms with Crippen molar-refractivity contribution >= 4 is 50.0 Å². The van der Waals surface area contributed by atoms with Gasteiger partial charge in [-0.3, -0.25) is 4.68 Å². The molecule has 4 bridgehead atoms. The number of fused-ring (bicyclic) bond motifs is 2. The first-order chi connectivity index (χ1) is 23.2. The minimum absolute atomic E-state index is 0.327. The quantitative estimate of drug-likeness (QED) is 0.174. The van der Waals surface area contributed by atoms with Gasteiger partial charge in [0.2, 0.25) is 0 Å². The number of carbonyl (C=O) groups is 1. The van der Waals surface area contributed by atoms with Crippen LogP contribution in [-0.4, -0.2) is 44.6 Å². The summed E-state index contributed by atoms with van der Waals surface area (Å²) < 4.78 is 8.81. The second-order valence-electron chi connectivity index (χ2n) is 15.5. The van der Waals surface area contributed by atoms with E-state index in [1.54, 1.807) is 11.3 Å². The van der Waals surface area contributed by atoms with Gasteiger partial charge in [0.05, 0.1) is 29.1 Å². The maximum Gasteiger partial charge on any atom is 0.338 e. The van der Waals surface area contributed by atoms with E-state index < -0.39 is 0 Å². The van der Waals surface area contributed by atoms with E-state index in [1.165, 1.54) is 45.6 Å². The topological polar surface area (TPSA) is 98.1 Å². The Hall–Kier alpha value is -4.31. The van der Waals surface area contributed by atoms with Crippen molar-refractivity contribution in [2.45, 2.75) is 71.3 Å². The second-order valence-corrected chi connectivity index (χ2v) is 16.5. The Kier molecular flexibility index (Phi) is 6.74. The molecule has 4 fully saturated rings. The third kappa shape index (κ3) is 4.82. The number of benzene rings is 2. The molecule has 0 spiro atoms. The van der Waals surface area contributed by atoms with Gasteiger partial charge in [-0.05, 0) is 105 Å². The van der Waals surface area contributed by atoms with Crippen molar-refractivity contribution < 1.29 is 9.53 Å². The minimum Gasteiger partial charge on any atom is -0.465 e. The molecule has 9 nitrogen and oxygen atoms in total. The highest BCUT2D eigenvalue weighted by Crippen LogP contribution is 2.60. The lowest BCUT2D eigenvalue weighted by Gasteiger charge is -2.56. The van der Waals surface area contributed by atoms with Gasteiger partial charge in [0.25, 0.3) is 0 Å². The van der Waals surface area contributed by atoms with Crippen LogP contribution >= 0.6 is 11.3 Å². The van der Waals surface area contributed by atoms with Gasteiger partial charge in [0, 0.05) is 41.0 Å². The molecule has 0 saturated heterocycles. The lowest BCUT2D eigenvalue weighted by atomic mass is 9.49. The van der Waals surface area contributed by atoms with Crippen molar-refractivity contribution in [1.29, 1.82) is 0 Å². The van der Waals surface area contributed by atoms with E-state index in [4.69, 9.17) is 9.84 Å². The fourth-order valence-corrected chi connectivity index (χ4v) is 10.9. The standard InChI is InChI=1S/C38H41N7O2S/c1-22-27(19-39-45(22)21-38-16-23-13-24(17-38)15-25(14-23)18-38)26-9-10-29-34(33(26)35(46)47-4)37(2,3)20-44(29)32-12-11-31(42-43-32)41-36-40-28-7-5-6-8-30(28)48-36/h5-12,19,23-25H,13-18,20-21H2,1-4H3,(H,40,41,42). The molecule has 4 aliphatic carbocycles. The van der Waals surface area contributed by atoms with Crippen molar-refractivity contribution in [3.05, 3.63) is 71.5 Å². The first kappa shape index (κ1) is 29.8. The predicted molar refractivity (Wildman–Crippen MR) is 189 cm³/mol. The Morgan fingerprint density at radius 1 is 0.979 bits per heavy atom. The molecule has 10 heteroatoms. The number of anilines is 4. The van der Waals surface area contributed by atoms with Crippen molar-refractivity contribution in [2.24, 2.45) is 23.2 Å². The Balaban J connectivity index is 1.03. The van der Waals surface area contributed by atoms with Crippen molar-refractivity contribution in [2.75, 3.05) is 23.9 Å². The Morgan fingerprint density at radius 2 is 1.73 bits per heavy atom. The molecule has 4 saturated carbocycles. The number of hydrogen-bond acceptors (Lipinski definition) is 9. The molecule has 5 aliphatic rings. The molecule has 1 aliphatic heterocycles. The van der Waals surface area contributed by atoms with E-state index in [2.05, 4.69) is 69.1 Å². The van der Waals surface area contributed by atoms with Crippen LogP contribution in [0.2, 0.25) is 0 Å². The van der Waals surface area contributed by atoms with Gasteiger partial charge in [-0.1, -0.05) is 43.4 Å². The van der Waals surface area contributed by atoms with Crippen molar-refractivity contribution in [3.8, 4) is 11.1 Å². The first-order valence-electron chi connectivity index (χ1n) is 17.2. The molecule has 1 N–H and O–H groups in total. The van der Waals surface area contributed by atoms with Gasteiger partial charge < -0.3 is 15.0 Å². The van der Waals surface area contributed by atoms with E-state index in [1.807, 2.05) is 36.5 Å². The molecule has 3 aromatic heterocycles. The monoisotopic (exact) mass is 659 g/mol. The lowest BCUT2D eigenvalue weighted by molar-refractivity contribution is -0.0638. The van der Waals surface area contributed by atoms with E-state index >= 15 is 0 Å². The third-order valence-electron chi connectivity index (χ3n) is 11.6. The molecular formula is C38H41N7O2S. The van der Waals surface area contributed by atoms with Gasteiger partial charge in [-0.2, -0.15) is 5.10 Å². The number of rotatable bonds is 7. The average molecular weight is 660 g/mol. The van der Waals surface area contributed by atoms with Crippen LogP contribution in [0.5, 0.6) is 0 Å². The number of thiazole rings is 1. The molecular weight excluding hydrogens is 619 g/mol. The summed E-state index contributed by atoms with van der Waals surface area (Å²) in [5.41, 5.74) is 6.51. The highest BCUT2D eigenvalue weighted by atomic mass is 32.1. The summed E-state index contributed by atoms with van der Waals surface area (Å²) in [4.78, 5) is 20.5. The van der Waals surface area contributed by atoms with Crippen LogP contribution in [0.4, 0.5) is 22.5 Å². The highest BCUT2D eigenvalue weighted by Gasteiger charge is 2.51. The third-order valence-corrected chi connectivity index (χ3v) is 12.5. The molecule has 0 amide bonds. The molecule has 246 valence electrons. The number of aromatic nitrogens is 5. The minimum atomic E-state index is -0.350. The van der Waals surface area contributed by atoms with E-state index in [0.29, 0.717) is 23.3 Å². The number of hydrogen-bond donors (Lipinski definition) is 1. The largest absolute Gasteiger partial charge is 0.465 e. The Morgan fingerprint density at radius 3 is 2.42 bits per heavy atom. The van der Waals surface area contributed by atoms with Crippen LogP contribution in [0.25, 0.3) is 21.3 Å². The zero-order valence-electron chi connectivity index (χ0n) is 28.0. The molecule has 0 radical (unpaired) electrons. The van der Waals surface area contributed by atoms with Crippen LogP contribution in [0.1, 0.15) is 74.0 Å². The smallest absolute Gasteiger partial charge is 0.338 e. The predicted octanol–water partition coefficient (Wildman–Crippen LogP) is 8.43. The van der Waals surface area contributed by atoms with Crippen LogP contribution in [0, 0.1) is 30.1 Å². The molecule has 4 heterocycles. The van der Waals surface area contributed by atoms with Gasteiger partial charge in [0.1, 0.15) is 0 Å². The maximum atomic E-state index is 13.7. The molecule has 10 rings (SSSR count). The maximum absolute atomic E-state index is 13.7. The van der Waals surface area contributed by atoms with Crippen LogP contribution < -0.4 is 10.2 Å². The number of carbonyl (C=O) groups excluding carboxylic acids is 1. The van der Waals surface area contributed by atoms with Gasteiger partial charge >= 0.3 is 5.97 Å².